The van der Waals surface area contributed by atoms with E-state index in [4.69, 9.17) is 0 Å². The molecule has 4 rings (SSSR count). The van der Waals surface area contributed by atoms with Gasteiger partial charge in [-0.2, -0.15) is 0 Å². The molecule has 18 heavy (non-hydrogen) atoms. The van der Waals surface area contributed by atoms with Gasteiger partial charge in [0.05, 0.1) is 0 Å². The summed E-state index contributed by atoms with van der Waals surface area (Å²) in [6, 6.07) is 0.398. The second-order valence-corrected chi connectivity index (χ2v) is 6.57. The smallest absolute Gasteiger partial charge is 0.223 e. The minimum atomic E-state index is 0. The molecule has 1 saturated heterocycles. The van der Waals surface area contributed by atoms with Crippen LogP contribution < -0.4 is 10.6 Å². The summed E-state index contributed by atoms with van der Waals surface area (Å²) in [7, 11) is 0. The van der Waals surface area contributed by atoms with E-state index in [1.165, 1.54) is 25.7 Å². The molecule has 0 spiro atoms. The van der Waals surface area contributed by atoms with Crippen molar-refractivity contribution in [2.75, 3.05) is 13.1 Å². The van der Waals surface area contributed by atoms with Gasteiger partial charge < -0.3 is 10.6 Å². The molecule has 1 amide bonds. The normalized spacial score (nSPS) is 48.2. The monoisotopic (exact) mass is 270 g/mol. The van der Waals surface area contributed by atoms with Crippen molar-refractivity contribution in [3.05, 3.63) is 0 Å². The molecule has 3 aliphatic carbocycles. The van der Waals surface area contributed by atoms with Crippen molar-refractivity contribution >= 4 is 18.3 Å². The topological polar surface area (TPSA) is 41.1 Å². The van der Waals surface area contributed by atoms with Crippen LogP contribution in [0.4, 0.5) is 0 Å². The van der Waals surface area contributed by atoms with Crippen molar-refractivity contribution in [3.63, 3.8) is 0 Å². The van der Waals surface area contributed by atoms with Crippen molar-refractivity contribution in [3.8, 4) is 0 Å². The van der Waals surface area contributed by atoms with Crippen LogP contribution in [0.5, 0.6) is 0 Å². The largest absolute Gasteiger partial charge is 0.352 e. The first kappa shape index (κ1) is 12.7. The van der Waals surface area contributed by atoms with Crippen LogP contribution in [0.2, 0.25) is 0 Å². The van der Waals surface area contributed by atoms with Gasteiger partial charge in [0.2, 0.25) is 5.91 Å². The summed E-state index contributed by atoms with van der Waals surface area (Å²) < 4.78 is 0. The Morgan fingerprint density at radius 3 is 2.44 bits per heavy atom. The van der Waals surface area contributed by atoms with Crippen molar-refractivity contribution in [2.24, 2.45) is 29.6 Å². The summed E-state index contributed by atoms with van der Waals surface area (Å²) >= 11 is 0. The number of nitrogens with one attached hydrogen (secondary N) is 2. The number of fused-ring (bicyclic) bond motifs is 5. The zero-order chi connectivity index (χ0) is 11.4. The zero-order valence-electron chi connectivity index (χ0n) is 10.7. The van der Waals surface area contributed by atoms with Gasteiger partial charge in [-0.3, -0.25) is 4.79 Å². The summed E-state index contributed by atoms with van der Waals surface area (Å²) in [4.78, 5) is 12.3. The highest BCUT2D eigenvalue weighted by atomic mass is 35.5. The number of hydrogen-bond donors (Lipinski definition) is 2. The van der Waals surface area contributed by atoms with Crippen molar-refractivity contribution in [2.45, 2.75) is 38.1 Å². The molecule has 5 unspecified atom stereocenters. The SMILES string of the molecule is Cl.O=C(NC1CCCNC1)C1C2C3CCC(C3)C12. The van der Waals surface area contributed by atoms with Gasteiger partial charge in [-0.25, -0.2) is 0 Å². The van der Waals surface area contributed by atoms with Crippen LogP contribution in [0.25, 0.3) is 0 Å². The van der Waals surface area contributed by atoms with Crippen molar-refractivity contribution in [1.82, 2.24) is 10.6 Å². The third kappa shape index (κ3) is 1.87. The standard InChI is InChI=1S/C14H22N2O.ClH/c17-14(16-10-2-1-5-15-7-10)13-11-8-3-4-9(6-8)12(11)13;/h8-13,15H,1-7H2,(H,16,17);1H. The Morgan fingerprint density at radius 2 is 1.83 bits per heavy atom. The molecule has 0 aromatic rings. The molecule has 5 atom stereocenters. The van der Waals surface area contributed by atoms with Gasteiger partial charge in [0.25, 0.3) is 0 Å². The predicted octanol–water partition coefficient (Wildman–Crippen LogP) is 1.57. The molecule has 1 aliphatic heterocycles. The molecule has 0 aromatic carbocycles. The van der Waals surface area contributed by atoms with Gasteiger partial charge in [-0.05, 0) is 62.3 Å². The highest BCUT2D eigenvalue weighted by Gasteiger charge is 2.67. The van der Waals surface area contributed by atoms with Gasteiger partial charge >= 0.3 is 0 Å². The van der Waals surface area contributed by atoms with Crippen LogP contribution in [0, 0.1) is 29.6 Å². The Labute approximate surface area is 115 Å². The summed E-state index contributed by atoms with van der Waals surface area (Å²) in [5.74, 6) is 4.17. The summed E-state index contributed by atoms with van der Waals surface area (Å²) in [5.41, 5.74) is 0. The maximum Gasteiger partial charge on any atom is 0.223 e. The van der Waals surface area contributed by atoms with Crippen LogP contribution in [0.3, 0.4) is 0 Å². The van der Waals surface area contributed by atoms with Gasteiger partial charge in [-0.1, -0.05) is 0 Å². The highest BCUT2D eigenvalue weighted by Crippen LogP contribution is 2.69. The molecule has 1 heterocycles. The third-order valence-corrected chi connectivity index (χ3v) is 5.68. The fraction of sp³-hybridized carbons (Fsp3) is 0.929. The van der Waals surface area contributed by atoms with E-state index in [0.717, 1.165) is 43.2 Å². The average molecular weight is 271 g/mol. The number of rotatable bonds is 2. The third-order valence-electron chi connectivity index (χ3n) is 5.68. The lowest BCUT2D eigenvalue weighted by atomic mass is 10.0. The maximum atomic E-state index is 12.3. The van der Waals surface area contributed by atoms with Crippen LogP contribution in [0.15, 0.2) is 0 Å². The lowest BCUT2D eigenvalue weighted by Gasteiger charge is -2.24. The quantitative estimate of drug-likeness (QED) is 0.800. The molecular formula is C14H23ClN2O. The molecule has 4 aliphatic rings. The number of amides is 1. The van der Waals surface area contributed by atoms with Crippen LogP contribution in [0.1, 0.15) is 32.1 Å². The van der Waals surface area contributed by atoms with E-state index in [1.54, 1.807) is 0 Å². The Hall–Kier alpha value is -0.280. The fourth-order valence-corrected chi connectivity index (χ4v) is 4.95. The Kier molecular flexibility index (Phi) is 3.31. The molecule has 3 saturated carbocycles. The van der Waals surface area contributed by atoms with E-state index >= 15 is 0 Å². The lowest BCUT2D eigenvalue weighted by molar-refractivity contribution is -0.124. The van der Waals surface area contributed by atoms with E-state index in [9.17, 15) is 4.79 Å². The van der Waals surface area contributed by atoms with E-state index in [0.29, 0.717) is 17.9 Å². The Balaban J connectivity index is 0.000001000. The first-order chi connectivity index (χ1) is 8.34. The Morgan fingerprint density at radius 1 is 1.11 bits per heavy atom. The van der Waals surface area contributed by atoms with E-state index in [1.807, 2.05) is 0 Å². The van der Waals surface area contributed by atoms with Gasteiger partial charge in [-0.15, -0.1) is 12.4 Å². The van der Waals surface area contributed by atoms with Crippen molar-refractivity contribution < 1.29 is 4.79 Å². The molecule has 0 aromatic heterocycles. The summed E-state index contributed by atoms with van der Waals surface area (Å²) in [6.07, 6.45) is 6.60. The average Bonchev–Trinajstić information content (AvgIpc) is 2.80. The second kappa shape index (κ2) is 4.68. The number of carbonyl (C=O) groups is 1. The molecule has 4 heteroatoms. The second-order valence-electron chi connectivity index (χ2n) is 6.57. The van der Waals surface area contributed by atoms with E-state index in [-0.39, 0.29) is 12.4 Å². The predicted molar refractivity (Wildman–Crippen MR) is 72.6 cm³/mol. The molecular weight excluding hydrogens is 248 g/mol. The minimum absolute atomic E-state index is 0. The van der Waals surface area contributed by atoms with Crippen LogP contribution in [-0.2, 0) is 4.79 Å². The lowest BCUT2D eigenvalue weighted by Crippen LogP contribution is -2.46. The summed E-state index contributed by atoms with van der Waals surface area (Å²) in [5, 5.41) is 6.64. The minimum Gasteiger partial charge on any atom is -0.352 e. The molecule has 2 N–H and O–H groups in total. The molecule has 2 bridgehead atoms. The van der Waals surface area contributed by atoms with Crippen LogP contribution >= 0.6 is 12.4 Å². The van der Waals surface area contributed by atoms with Crippen molar-refractivity contribution in [1.29, 1.82) is 0 Å². The van der Waals surface area contributed by atoms with E-state index < -0.39 is 0 Å². The molecule has 4 fully saturated rings. The first-order valence-corrected chi connectivity index (χ1v) is 7.35. The number of halogens is 1. The number of piperidine rings is 1. The summed E-state index contributed by atoms with van der Waals surface area (Å²) in [6.45, 7) is 2.09. The highest BCUT2D eigenvalue weighted by molar-refractivity contribution is 5.85. The van der Waals surface area contributed by atoms with Gasteiger partial charge in [0, 0.05) is 18.5 Å². The Bertz CT molecular complexity index is 327. The molecule has 3 nitrogen and oxygen atoms in total. The maximum absolute atomic E-state index is 12.3. The number of carbonyl (C=O) groups excluding carboxylic acids is 1. The van der Waals surface area contributed by atoms with Gasteiger partial charge in [0.1, 0.15) is 0 Å². The fourth-order valence-electron chi connectivity index (χ4n) is 4.95. The number of hydrogen-bond acceptors (Lipinski definition) is 2. The molecule has 0 radical (unpaired) electrons. The zero-order valence-corrected chi connectivity index (χ0v) is 11.5. The first-order valence-electron chi connectivity index (χ1n) is 7.35. The van der Waals surface area contributed by atoms with Crippen LogP contribution in [-0.4, -0.2) is 25.0 Å². The van der Waals surface area contributed by atoms with Gasteiger partial charge in [0.15, 0.2) is 0 Å². The van der Waals surface area contributed by atoms with E-state index in [2.05, 4.69) is 10.6 Å². The molecule has 102 valence electrons.